The van der Waals surface area contributed by atoms with Crippen LogP contribution in [-0.4, -0.2) is 45.5 Å². The van der Waals surface area contributed by atoms with Gasteiger partial charge in [0.25, 0.3) is 5.91 Å². The summed E-state index contributed by atoms with van der Waals surface area (Å²) in [5, 5.41) is 3.09. The second-order valence-corrected chi connectivity index (χ2v) is 6.84. The summed E-state index contributed by atoms with van der Waals surface area (Å²) in [5.74, 6) is 1.31. The summed E-state index contributed by atoms with van der Waals surface area (Å²) in [6.07, 6.45) is 6.78. The van der Waals surface area contributed by atoms with Crippen molar-refractivity contribution >= 4 is 5.91 Å². The third-order valence-electron chi connectivity index (χ3n) is 5.26. The van der Waals surface area contributed by atoms with E-state index < -0.39 is 0 Å². The van der Waals surface area contributed by atoms with E-state index in [9.17, 15) is 4.79 Å². The van der Waals surface area contributed by atoms with Crippen LogP contribution < -0.4 is 19.5 Å². The van der Waals surface area contributed by atoms with E-state index in [2.05, 4.69) is 5.32 Å². The number of methoxy groups -OCH3 is 3. The van der Waals surface area contributed by atoms with E-state index in [1.165, 1.54) is 26.4 Å². The molecule has 1 heterocycles. The summed E-state index contributed by atoms with van der Waals surface area (Å²) >= 11 is 0. The molecule has 25 heavy (non-hydrogen) atoms. The van der Waals surface area contributed by atoms with Crippen molar-refractivity contribution in [2.45, 2.75) is 50.2 Å². The highest BCUT2D eigenvalue weighted by Gasteiger charge is 2.41. The second-order valence-electron chi connectivity index (χ2n) is 6.84. The molecule has 1 spiro atoms. The summed E-state index contributed by atoms with van der Waals surface area (Å²) in [6, 6.07) is 3.35. The fraction of sp³-hybridized carbons (Fsp3) is 0.632. The molecule has 1 aromatic rings. The topological polar surface area (TPSA) is 66.0 Å². The Morgan fingerprint density at radius 3 is 2.32 bits per heavy atom. The lowest BCUT2D eigenvalue weighted by Crippen LogP contribution is -2.37. The van der Waals surface area contributed by atoms with Gasteiger partial charge in [0.1, 0.15) is 5.75 Å². The summed E-state index contributed by atoms with van der Waals surface area (Å²) in [5.41, 5.74) is 0.405. The number of amides is 1. The van der Waals surface area contributed by atoms with Crippen LogP contribution in [0.25, 0.3) is 0 Å². The third-order valence-corrected chi connectivity index (χ3v) is 5.26. The third kappa shape index (κ3) is 3.68. The fourth-order valence-electron chi connectivity index (χ4n) is 3.95. The molecule has 1 amide bonds. The molecule has 1 aliphatic heterocycles. The zero-order valence-corrected chi connectivity index (χ0v) is 15.2. The van der Waals surface area contributed by atoms with E-state index in [1.807, 2.05) is 0 Å². The summed E-state index contributed by atoms with van der Waals surface area (Å²) in [6.45, 7) is 0.571. The van der Waals surface area contributed by atoms with Gasteiger partial charge in [0.15, 0.2) is 11.5 Å². The lowest BCUT2D eigenvalue weighted by atomic mass is 9.82. The first-order chi connectivity index (χ1) is 12.1. The monoisotopic (exact) mass is 349 g/mol. The van der Waals surface area contributed by atoms with Gasteiger partial charge < -0.3 is 24.3 Å². The molecular weight excluding hydrogens is 322 g/mol. The highest BCUT2D eigenvalue weighted by Crippen LogP contribution is 2.40. The molecule has 3 rings (SSSR count). The van der Waals surface area contributed by atoms with E-state index in [0.717, 1.165) is 19.3 Å². The first kappa shape index (κ1) is 17.9. The SMILES string of the molecule is COc1cc(OC)c(C(=O)NC2COC3(CCCCC3)C2)cc1OC. The van der Waals surface area contributed by atoms with Gasteiger partial charge in [-0.2, -0.15) is 0 Å². The summed E-state index contributed by atoms with van der Waals surface area (Å²) < 4.78 is 22.0. The minimum absolute atomic E-state index is 0.0299. The van der Waals surface area contributed by atoms with Gasteiger partial charge in [-0.3, -0.25) is 4.79 Å². The van der Waals surface area contributed by atoms with E-state index in [1.54, 1.807) is 26.4 Å². The number of nitrogens with one attached hydrogen (secondary N) is 1. The maximum Gasteiger partial charge on any atom is 0.255 e. The van der Waals surface area contributed by atoms with E-state index in [0.29, 0.717) is 29.4 Å². The van der Waals surface area contributed by atoms with Gasteiger partial charge in [-0.1, -0.05) is 19.3 Å². The predicted octanol–water partition coefficient (Wildman–Crippen LogP) is 2.93. The Morgan fingerprint density at radius 2 is 1.68 bits per heavy atom. The van der Waals surface area contributed by atoms with E-state index >= 15 is 0 Å². The Balaban J connectivity index is 1.73. The largest absolute Gasteiger partial charge is 0.496 e. The number of carbonyl (C=O) groups excluding carboxylic acids is 1. The zero-order chi connectivity index (χ0) is 17.9. The highest BCUT2D eigenvalue weighted by molar-refractivity contribution is 5.98. The molecule has 1 unspecified atom stereocenters. The highest BCUT2D eigenvalue weighted by atomic mass is 16.5. The smallest absolute Gasteiger partial charge is 0.255 e. The number of ether oxygens (including phenoxy) is 4. The zero-order valence-electron chi connectivity index (χ0n) is 15.2. The van der Waals surface area contributed by atoms with Crippen molar-refractivity contribution in [3.8, 4) is 17.2 Å². The first-order valence-corrected chi connectivity index (χ1v) is 8.85. The van der Waals surface area contributed by atoms with Crippen LogP contribution in [0.5, 0.6) is 17.2 Å². The first-order valence-electron chi connectivity index (χ1n) is 8.85. The average Bonchev–Trinajstić information content (AvgIpc) is 3.02. The Kier molecular flexibility index (Phi) is 5.37. The Hall–Kier alpha value is -1.95. The van der Waals surface area contributed by atoms with Crippen molar-refractivity contribution in [3.05, 3.63) is 17.7 Å². The lowest BCUT2D eigenvalue weighted by molar-refractivity contribution is -0.0246. The van der Waals surface area contributed by atoms with E-state index in [4.69, 9.17) is 18.9 Å². The second kappa shape index (κ2) is 7.52. The lowest BCUT2D eigenvalue weighted by Gasteiger charge is -2.32. The fourth-order valence-corrected chi connectivity index (χ4v) is 3.95. The molecule has 2 aliphatic rings. The molecule has 0 radical (unpaired) electrons. The molecule has 1 N–H and O–H groups in total. The van der Waals surface area contributed by atoms with Crippen molar-refractivity contribution in [2.75, 3.05) is 27.9 Å². The number of rotatable bonds is 5. The molecule has 6 heteroatoms. The predicted molar refractivity (Wildman–Crippen MR) is 93.7 cm³/mol. The number of benzene rings is 1. The summed E-state index contributed by atoms with van der Waals surface area (Å²) in [4.78, 5) is 12.8. The van der Waals surface area contributed by atoms with Crippen LogP contribution in [-0.2, 0) is 4.74 Å². The average molecular weight is 349 g/mol. The van der Waals surface area contributed by atoms with Crippen LogP contribution in [0, 0.1) is 0 Å². The Bertz CT molecular complexity index is 624. The molecule has 1 aliphatic carbocycles. The van der Waals surface area contributed by atoms with Gasteiger partial charge in [0.05, 0.1) is 45.1 Å². The van der Waals surface area contributed by atoms with Gasteiger partial charge in [0.2, 0.25) is 0 Å². The molecule has 1 saturated heterocycles. The standard InChI is InChI=1S/C19H27NO5/c1-22-15-10-17(24-3)16(23-2)9-14(15)18(21)20-13-11-19(25-12-13)7-5-4-6-8-19/h9-10,13H,4-8,11-12H2,1-3H3,(H,20,21). The quantitative estimate of drug-likeness (QED) is 0.885. The van der Waals surface area contributed by atoms with Crippen LogP contribution in [0.3, 0.4) is 0 Å². The van der Waals surface area contributed by atoms with Crippen LogP contribution in [0.4, 0.5) is 0 Å². The normalized spacial score (nSPS) is 21.8. The number of hydrogen-bond donors (Lipinski definition) is 1. The molecule has 6 nitrogen and oxygen atoms in total. The van der Waals surface area contributed by atoms with Crippen LogP contribution >= 0.6 is 0 Å². The molecular formula is C19H27NO5. The molecule has 1 saturated carbocycles. The van der Waals surface area contributed by atoms with Crippen molar-refractivity contribution in [1.82, 2.24) is 5.32 Å². The summed E-state index contributed by atoms with van der Waals surface area (Å²) in [7, 11) is 4.63. The van der Waals surface area contributed by atoms with Crippen molar-refractivity contribution < 1.29 is 23.7 Å². The van der Waals surface area contributed by atoms with Crippen LogP contribution in [0.2, 0.25) is 0 Å². The molecule has 1 atom stereocenters. The minimum Gasteiger partial charge on any atom is -0.496 e. The molecule has 2 fully saturated rings. The van der Waals surface area contributed by atoms with Gasteiger partial charge in [-0.25, -0.2) is 0 Å². The van der Waals surface area contributed by atoms with Crippen LogP contribution in [0.1, 0.15) is 48.9 Å². The Morgan fingerprint density at radius 1 is 1.04 bits per heavy atom. The molecule has 0 aromatic heterocycles. The molecule has 0 bridgehead atoms. The van der Waals surface area contributed by atoms with E-state index in [-0.39, 0.29) is 17.6 Å². The minimum atomic E-state index is -0.181. The Labute approximate surface area is 148 Å². The van der Waals surface area contributed by atoms with Crippen molar-refractivity contribution in [1.29, 1.82) is 0 Å². The maximum absolute atomic E-state index is 12.8. The van der Waals surface area contributed by atoms with Crippen molar-refractivity contribution in [2.24, 2.45) is 0 Å². The van der Waals surface area contributed by atoms with Gasteiger partial charge >= 0.3 is 0 Å². The van der Waals surface area contributed by atoms with Gasteiger partial charge in [-0.05, 0) is 19.3 Å². The number of hydrogen-bond acceptors (Lipinski definition) is 5. The van der Waals surface area contributed by atoms with Crippen molar-refractivity contribution in [3.63, 3.8) is 0 Å². The maximum atomic E-state index is 12.8. The molecule has 1 aromatic carbocycles. The molecule has 138 valence electrons. The van der Waals surface area contributed by atoms with Gasteiger partial charge in [-0.15, -0.1) is 0 Å². The number of carbonyl (C=O) groups is 1. The van der Waals surface area contributed by atoms with Gasteiger partial charge in [0, 0.05) is 12.1 Å². The van der Waals surface area contributed by atoms with Crippen LogP contribution in [0.15, 0.2) is 12.1 Å².